The van der Waals surface area contributed by atoms with Crippen molar-refractivity contribution in [1.29, 1.82) is 0 Å². The number of aliphatic carboxylic acids is 1. The summed E-state index contributed by atoms with van der Waals surface area (Å²) >= 11 is 0. The average Bonchev–Trinajstić information content (AvgIpc) is 3.18. The molecule has 8 heteroatoms. The summed E-state index contributed by atoms with van der Waals surface area (Å²) in [5, 5.41) is 8.97. The first kappa shape index (κ1) is 23.2. The van der Waals surface area contributed by atoms with Gasteiger partial charge >= 0.3 is 23.8 Å². The Kier molecular flexibility index (Phi) is 6.96. The number of carboxylic acid groups (broad SMARTS) is 1. The van der Waals surface area contributed by atoms with Crippen LogP contribution < -0.4 is 0 Å². The van der Waals surface area contributed by atoms with Gasteiger partial charge in [0.25, 0.3) is 0 Å². The maximum Gasteiger partial charge on any atom is 0.378 e. The van der Waals surface area contributed by atoms with Gasteiger partial charge in [0.2, 0.25) is 0 Å². The molecule has 0 heterocycles. The Hall–Kier alpha value is -2.51. The molecule has 170 valence electrons. The Balaban J connectivity index is 1.70. The Bertz CT molecular complexity index is 808. The molecule has 0 aliphatic heterocycles. The quantitative estimate of drug-likeness (QED) is 0.603. The molecule has 1 aromatic carbocycles. The highest BCUT2D eigenvalue weighted by atomic mass is 19.3. The normalized spacial score (nSPS) is 20.1. The minimum Gasteiger partial charge on any atom is -0.477 e. The highest BCUT2D eigenvalue weighted by Crippen LogP contribution is 2.37. The molecule has 0 radical (unpaired) electrons. The van der Waals surface area contributed by atoms with Gasteiger partial charge in [0.05, 0.1) is 11.1 Å². The SMILES string of the molecule is CC1(OC(=O)c2ccc(C(=O)OC(C3CCCCC3)C(F)(F)C(=O)O)cc2)CCCC1. The van der Waals surface area contributed by atoms with Gasteiger partial charge in [0.15, 0.2) is 6.10 Å². The van der Waals surface area contributed by atoms with Gasteiger partial charge in [-0.2, -0.15) is 8.78 Å². The van der Waals surface area contributed by atoms with Gasteiger partial charge in [-0.3, -0.25) is 0 Å². The summed E-state index contributed by atoms with van der Waals surface area (Å²) in [6, 6.07) is 5.35. The van der Waals surface area contributed by atoms with E-state index in [2.05, 4.69) is 0 Å². The molecular formula is C23H28F2O6. The van der Waals surface area contributed by atoms with E-state index < -0.39 is 41.5 Å². The second kappa shape index (κ2) is 9.32. The summed E-state index contributed by atoms with van der Waals surface area (Å²) in [7, 11) is 0. The molecule has 1 unspecified atom stereocenters. The summed E-state index contributed by atoms with van der Waals surface area (Å²) < 4.78 is 39.3. The zero-order valence-corrected chi connectivity index (χ0v) is 17.6. The third kappa shape index (κ3) is 5.40. The van der Waals surface area contributed by atoms with E-state index in [1.807, 2.05) is 6.92 Å². The Morgan fingerprint density at radius 3 is 2.00 bits per heavy atom. The molecule has 0 spiro atoms. The van der Waals surface area contributed by atoms with E-state index in [4.69, 9.17) is 14.6 Å². The first-order valence-corrected chi connectivity index (χ1v) is 10.8. The van der Waals surface area contributed by atoms with Gasteiger partial charge in [0, 0.05) is 5.92 Å². The van der Waals surface area contributed by atoms with Crippen LogP contribution in [0.4, 0.5) is 8.78 Å². The fourth-order valence-corrected chi connectivity index (χ4v) is 4.46. The number of carbonyl (C=O) groups is 3. The van der Waals surface area contributed by atoms with Crippen LogP contribution in [0.1, 0.15) is 85.4 Å². The van der Waals surface area contributed by atoms with Gasteiger partial charge in [-0.05, 0) is 69.7 Å². The predicted molar refractivity (Wildman–Crippen MR) is 107 cm³/mol. The van der Waals surface area contributed by atoms with Crippen molar-refractivity contribution in [2.45, 2.75) is 82.3 Å². The van der Waals surface area contributed by atoms with Crippen molar-refractivity contribution in [1.82, 2.24) is 0 Å². The van der Waals surface area contributed by atoms with E-state index in [9.17, 15) is 23.2 Å². The van der Waals surface area contributed by atoms with Crippen LogP contribution in [-0.4, -0.2) is 40.6 Å². The topological polar surface area (TPSA) is 89.9 Å². The third-order valence-corrected chi connectivity index (χ3v) is 6.31. The van der Waals surface area contributed by atoms with Crippen molar-refractivity contribution < 1.29 is 37.7 Å². The monoisotopic (exact) mass is 438 g/mol. The molecule has 6 nitrogen and oxygen atoms in total. The molecular weight excluding hydrogens is 410 g/mol. The Morgan fingerprint density at radius 1 is 0.968 bits per heavy atom. The number of hydrogen-bond acceptors (Lipinski definition) is 5. The standard InChI is InChI=1S/C23H28F2O6/c1-22(13-5-6-14-22)31-20(27)17-11-9-16(10-12-17)19(26)30-18(23(24,25)21(28)29)15-7-3-2-4-8-15/h9-12,15,18H,2-8,13-14H2,1H3,(H,28,29). The van der Waals surface area contributed by atoms with Crippen LogP contribution in [0.3, 0.4) is 0 Å². The maximum absolute atomic E-state index is 14.3. The van der Waals surface area contributed by atoms with Crippen LogP contribution in [0.15, 0.2) is 24.3 Å². The van der Waals surface area contributed by atoms with E-state index in [0.717, 1.165) is 32.1 Å². The number of rotatable bonds is 7. The molecule has 31 heavy (non-hydrogen) atoms. The lowest BCUT2D eigenvalue weighted by Gasteiger charge is -2.33. The third-order valence-electron chi connectivity index (χ3n) is 6.31. The molecule has 2 aliphatic carbocycles. The van der Waals surface area contributed by atoms with Crippen LogP contribution in [0.2, 0.25) is 0 Å². The lowest BCUT2D eigenvalue weighted by atomic mass is 9.83. The van der Waals surface area contributed by atoms with E-state index in [0.29, 0.717) is 25.7 Å². The fourth-order valence-electron chi connectivity index (χ4n) is 4.46. The average molecular weight is 438 g/mol. The zero-order valence-electron chi connectivity index (χ0n) is 17.6. The highest BCUT2D eigenvalue weighted by Gasteiger charge is 2.53. The van der Waals surface area contributed by atoms with Crippen molar-refractivity contribution in [3.63, 3.8) is 0 Å². The van der Waals surface area contributed by atoms with Crippen LogP contribution in [-0.2, 0) is 14.3 Å². The number of ether oxygens (including phenoxy) is 2. The largest absolute Gasteiger partial charge is 0.477 e. The van der Waals surface area contributed by atoms with Gasteiger partial charge in [-0.1, -0.05) is 19.3 Å². The second-order valence-corrected chi connectivity index (χ2v) is 8.78. The molecule has 2 saturated carbocycles. The second-order valence-electron chi connectivity index (χ2n) is 8.78. The molecule has 1 N–H and O–H groups in total. The molecule has 0 amide bonds. The van der Waals surface area contributed by atoms with E-state index in [1.165, 1.54) is 24.3 Å². The van der Waals surface area contributed by atoms with Gasteiger partial charge in [-0.25, -0.2) is 14.4 Å². The molecule has 1 aromatic rings. The van der Waals surface area contributed by atoms with Crippen molar-refractivity contribution in [2.75, 3.05) is 0 Å². The summed E-state index contributed by atoms with van der Waals surface area (Å²) in [6.07, 6.45) is 4.56. The number of alkyl halides is 2. The maximum atomic E-state index is 14.3. The summed E-state index contributed by atoms with van der Waals surface area (Å²) in [5.41, 5.74) is -0.292. The fraction of sp³-hybridized carbons (Fsp3) is 0.609. The van der Waals surface area contributed by atoms with E-state index >= 15 is 0 Å². The van der Waals surface area contributed by atoms with Gasteiger partial charge in [-0.15, -0.1) is 0 Å². The number of hydrogen-bond donors (Lipinski definition) is 1. The number of carbonyl (C=O) groups excluding carboxylic acids is 2. The van der Waals surface area contributed by atoms with Crippen LogP contribution >= 0.6 is 0 Å². The Labute approximate surface area is 179 Å². The molecule has 3 rings (SSSR count). The smallest absolute Gasteiger partial charge is 0.378 e. The van der Waals surface area contributed by atoms with Crippen LogP contribution in [0.25, 0.3) is 0 Å². The summed E-state index contributed by atoms with van der Waals surface area (Å²) in [4.78, 5) is 36.0. The number of esters is 2. The predicted octanol–water partition coefficient (Wildman–Crippen LogP) is 5.00. The molecule has 0 aromatic heterocycles. The first-order valence-electron chi connectivity index (χ1n) is 10.8. The summed E-state index contributed by atoms with van der Waals surface area (Å²) in [6.45, 7) is 1.89. The van der Waals surface area contributed by atoms with Gasteiger partial charge < -0.3 is 14.6 Å². The van der Waals surface area contributed by atoms with Crippen LogP contribution in [0, 0.1) is 5.92 Å². The number of carboxylic acids is 1. The minimum atomic E-state index is -4.18. The van der Waals surface area contributed by atoms with Gasteiger partial charge in [0.1, 0.15) is 5.60 Å². The number of benzene rings is 1. The lowest BCUT2D eigenvalue weighted by Crippen LogP contribution is -2.48. The summed E-state index contributed by atoms with van der Waals surface area (Å²) in [5.74, 6) is -8.77. The zero-order chi connectivity index (χ0) is 22.6. The molecule has 1 atom stereocenters. The molecule has 0 bridgehead atoms. The number of halogens is 2. The minimum absolute atomic E-state index is 0.0365. The van der Waals surface area contributed by atoms with Crippen molar-refractivity contribution >= 4 is 17.9 Å². The highest BCUT2D eigenvalue weighted by molar-refractivity contribution is 5.93. The molecule has 2 aliphatic rings. The molecule has 0 saturated heterocycles. The van der Waals surface area contributed by atoms with Crippen LogP contribution in [0.5, 0.6) is 0 Å². The van der Waals surface area contributed by atoms with Crippen molar-refractivity contribution in [3.8, 4) is 0 Å². The molecule has 2 fully saturated rings. The van der Waals surface area contributed by atoms with E-state index in [1.54, 1.807) is 0 Å². The Morgan fingerprint density at radius 2 is 1.48 bits per heavy atom. The lowest BCUT2D eigenvalue weighted by molar-refractivity contribution is -0.189. The van der Waals surface area contributed by atoms with E-state index in [-0.39, 0.29) is 11.1 Å². The van der Waals surface area contributed by atoms with Crippen molar-refractivity contribution in [3.05, 3.63) is 35.4 Å². The van der Waals surface area contributed by atoms with Crippen molar-refractivity contribution in [2.24, 2.45) is 5.92 Å². The first-order chi connectivity index (χ1) is 14.6.